The third kappa shape index (κ3) is 1.68. The van der Waals surface area contributed by atoms with Crippen LogP contribution >= 0.6 is 0 Å². The molecule has 2 unspecified atom stereocenters. The molecular weight excluding hydrogens is 142 g/mol. The number of carbonyl (C=O) groups excluding carboxylic acids is 1. The van der Waals surface area contributed by atoms with Gasteiger partial charge in [-0.1, -0.05) is 24.3 Å². The minimum absolute atomic E-state index is 0.243. The van der Waals surface area contributed by atoms with Crippen molar-refractivity contribution in [3.8, 4) is 0 Å². The number of rotatable bonds is 1. The monoisotopic (exact) mass is 153 g/mol. The maximum Gasteiger partial charge on any atom is 0.314 e. The van der Waals surface area contributed by atoms with Gasteiger partial charge >= 0.3 is 5.97 Å². The molecule has 0 saturated heterocycles. The van der Waals surface area contributed by atoms with Gasteiger partial charge in [0.1, 0.15) is 0 Å². The first kappa shape index (κ1) is 8.01. The highest BCUT2D eigenvalue weighted by atomic mass is 16.5. The van der Waals surface area contributed by atoms with Gasteiger partial charge in [-0.2, -0.15) is 0 Å². The quantitative estimate of drug-likeness (QED) is 0.548. The lowest BCUT2D eigenvalue weighted by Gasteiger charge is -2.16. The predicted octanol–water partition coefficient (Wildman–Crippen LogP) is 0.229. The summed E-state index contributed by atoms with van der Waals surface area (Å²) in [7, 11) is 1.36. The molecule has 0 aromatic carbocycles. The van der Waals surface area contributed by atoms with Gasteiger partial charge in [-0.3, -0.25) is 4.79 Å². The van der Waals surface area contributed by atoms with Crippen LogP contribution < -0.4 is 5.73 Å². The van der Waals surface area contributed by atoms with Crippen LogP contribution in [0.4, 0.5) is 0 Å². The summed E-state index contributed by atoms with van der Waals surface area (Å²) in [6, 6.07) is -0.243. The summed E-state index contributed by atoms with van der Waals surface area (Å²) in [5, 5.41) is 0. The molecule has 0 aliphatic heterocycles. The summed E-state index contributed by atoms with van der Waals surface area (Å²) in [6.45, 7) is 0. The van der Waals surface area contributed by atoms with Crippen LogP contribution in [0.15, 0.2) is 24.3 Å². The number of carbonyl (C=O) groups is 1. The first-order valence-electron chi connectivity index (χ1n) is 3.44. The number of methoxy groups -OCH3 is 1. The number of esters is 1. The van der Waals surface area contributed by atoms with E-state index in [9.17, 15) is 4.79 Å². The highest BCUT2D eigenvalue weighted by Crippen LogP contribution is 2.11. The first-order valence-corrected chi connectivity index (χ1v) is 3.44. The maximum absolute atomic E-state index is 11.0. The summed E-state index contributed by atoms with van der Waals surface area (Å²) in [5.74, 6) is -0.594. The van der Waals surface area contributed by atoms with Crippen molar-refractivity contribution < 1.29 is 9.53 Å². The molecule has 1 aliphatic rings. The maximum atomic E-state index is 11.0. The normalized spacial score (nSPS) is 28.5. The van der Waals surface area contributed by atoms with Gasteiger partial charge in [0.15, 0.2) is 0 Å². The van der Waals surface area contributed by atoms with Gasteiger partial charge in [0, 0.05) is 6.04 Å². The van der Waals surface area contributed by atoms with Gasteiger partial charge < -0.3 is 10.5 Å². The van der Waals surface area contributed by atoms with Gasteiger partial charge in [0.2, 0.25) is 0 Å². The van der Waals surface area contributed by atoms with E-state index >= 15 is 0 Å². The molecule has 11 heavy (non-hydrogen) atoms. The van der Waals surface area contributed by atoms with E-state index in [0.29, 0.717) is 0 Å². The van der Waals surface area contributed by atoms with E-state index in [4.69, 9.17) is 5.73 Å². The largest absolute Gasteiger partial charge is 0.469 e. The Morgan fingerprint density at radius 2 is 2.09 bits per heavy atom. The van der Waals surface area contributed by atoms with Crippen molar-refractivity contribution in [1.29, 1.82) is 0 Å². The van der Waals surface area contributed by atoms with E-state index in [0.717, 1.165) is 0 Å². The topological polar surface area (TPSA) is 52.3 Å². The van der Waals surface area contributed by atoms with Crippen LogP contribution in [0.25, 0.3) is 0 Å². The smallest absolute Gasteiger partial charge is 0.314 e. The second-order valence-corrected chi connectivity index (χ2v) is 2.40. The highest BCUT2D eigenvalue weighted by Gasteiger charge is 2.22. The van der Waals surface area contributed by atoms with Crippen LogP contribution in [0.1, 0.15) is 0 Å². The Balaban J connectivity index is 2.65. The van der Waals surface area contributed by atoms with Crippen molar-refractivity contribution in [2.45, 2.75) is 6.04 Å². The molecule has 0 aromatic heterocycles. The molecule has 2 N–H and O–H groups in total. The second-order valence-electron chi connectivity index (χ2n) is 2.40. The van der Waals surface area contributed by atoms with Crippen molar-refractivity contribution in [1.82, 2.24) is 0 Å². The Hall–Kier alpha value is -1.09. The third-order valence-corrected chi connectivity index (χ3v) is 1.65. The van der Waals surface area contributed by atoms with E-state index in [1.54, 1.807) is 18.2 Å². The number of allylic oxidation sites excluding steroid dienone is 2. The predicted molar refractivity (Wildman–Crippen MR) is 41.8 cm³/mol. The lowest BCUT2D eigenvalue weighted by molar-refractivity contribution is -0.144. The summed E-state index contributed by atoms with van der Waals surface area (Å²) in [6.07, 6.45) is 7.15. The molecule has 0 radical (unpaired) electrons. The fourth-order valence-electron chi connectivity index (χ4n) is 0.996. The molecule has 3 nitrogen and oxygen atoms in total. The van der Waals surface area contributed by atoms with Crippen LogP contribution in [-0.4, -0.2) is 19.1 Å². The van der Waals surface area contributed by atoms with Crippen LogP contribution in [0, 0.1) is 5.92 Å². The summed E-state index contributed by atoms with van der Waals surface area (Å²) in [4.78, 5) is 11.0. The van der Waals surface area contributed by atoms with Crippen LogP contribution in [0.2, 0.25) is 0 Å². The summed E-state index contributed by atoms with van der Waals surface area (Å²) in [5.41, 5.74) is 5.62. The van der Waals surface area contributed by atoms with E-state index in [-0.39, 0.29) is 17.9 Å². The lowest BCUT2D eigenvalue weighted by Crippen LogP contribution is -2.34. The number of ether oxygens (including phenoxy) is 1. The molecular formula is C8H11NO2. The van der Waals surface area contributed by atoms with Gasteiger partial charge in [0.05, 0.1) is 13.0 Å². The van der Waals surface area contributed by atoms with Gasteiger partial charge in [-0.25, -0.2) is 0 Å². The zero-order valence-corrected chi connectivity index (χ0v) is 6.36. The van der Waals surface area contributed by atoms with Gasteiger partial charge in [-0.15, -0.1) is 0 Å². The molecule has 0 saturated carbocycles. The fourth-order valence-corrected chi connectivity index (χ4v) is 0.996. The Morgan fingerprint density at radius 1 is 1.45 bits per heavy atom. The average molecular weight is 153 g/mol. The molecule has 3 heteroatoms. The lowest BCUT2D eigenvalue weighted by atomic mass is 9.96. The average Bonchev–Trinajstić information content (AvgIpc) is 2.04. The zero-order chi connectivity index (χ0) is 8.27. The Bertz CT molecular complexity index is 208. The van der Waals surface area contributed by atoms with Gasteiger partial charge in [0.25, 0.3) is 0 Å². The molecule has 2 atom stereocenters. The molecule has 0 spiro atoms. The number of hydrogen-bond donors (Lipinski definition) is 1. The van der Waals surface area contributed by atoms with Crippen molar-refractivity contribution in [3.63, 3.8) is 0 Å². The second kappa shape index (κ2) is 3.34. The minimum Gasteiger partial charge on any atom is -0.469 e. The van der Waals surface area contributed by atoms with E-state index in [1.165, 1.54) is 7.11 Å². The van der Waals surface area contributed by atoms with Crippen molar-refractivity contribution >= 4 is 5.97 Å². The Labute approximate surface area is 65.5 Å². The van der Waals surface area contributed by atoms with Crippen LogP contribution in [0.5, 0.6) is 0 Å². The van der Waals surface area contributed by atoms with Crippen molar-refractivity contribution in [2.24, 2.45) is 11.7 Å². The van der Waals surface area contributed by atoms with Gasteiger partial charge in [-0.05, 0) is 0 Å². The van der Waals surface area contributed by atoms with E-state index in [2.05, 4.69) is 4.74 Å². The molecule has 0 bridgehead atoms. The molecule has 0 amide bonds. The molecule has 60 valence electrons. The molecule has 1 rings (SSSR count). The third-order valence-electron chi connectivity index (χ3n) is 1.65. The minimum atomic E-state index is -0.315. The van der Waals surface area contributed by atoms with E-state index < -0.39 is 0 Å². The van der Waals surface area contributed by atoms with Crippen molar-refractivity contribution in [3.05, 3.63) is 24.3 Å². The van der Waals surface area contributed by atoms with Crippen molar-refractivity contribution in [2.75, 3.05) is 7.11 Å². The molecule has 0 heterocycles. The molecule has 0 aromatic rings. The van der Waals surface area contributed by atoms with E-state index in [1.807, 2.05) is 6.08 Å². The molecule has 1 aliphatic carbocycles. The van der Waals surface area contributed by atoms with Crippen LogP contribution in [0.3, 0.4) is 0 Å². The Kier molecular flexibility index (Phi) is 2.44. The molecule has 0 fully saturated rings. The number of hydrogen-bond acceptors (Lipinski definition) is 3. The summed E-state index contributed by atoms with van der Waals surface area (Å²) < 4.78 is 4.56. The summed E-state index contributed by atoms with van der Waals surface area (Å²) >= 11 is 0. The first-order chi connectivity index (χ1) is 5.25. The fraction of sp³-hybridized carbons (Fsp3) is 0.375. The highest BCUT2D eigenvalue weighted by molar-refractivity contribution is 5.76. The zero-order valence-electron chi connectivity index (χ0n) is 6.36. The Morgan fingerprint density at radius 3 is 2.64 bits per heavy atom. The van der Waals surface area contributed by atoms with Crippen LogP contribution in [-0.2, 0) is 9.53 Å². The SMILES string of the molecule is COC(=O)C1C=CC=CC1N. The number of nitrogens with two attached hydrogens (primary N) is 1. The standard InChI is InChI=1S/C8H11NO2/c1-11-8(10)6-4-2-3-5-7(6)9/h2-7H,9H2,1H3.